The third-order valence-electron chi connectivity index (χ3n) is 1.79. The Hall–Kier alpha value is -1.78. The van der Waals surface area contributed by atoms with Gasteiger partial charge < -0.3 is 0 Å². The van der Waals surface area contributed by atoms with Gasteiger partial charge in [-0.05, 0) is 12.1 Å². The Morgan fingerprint density at radius 1 is 1.21 bits per heavy atom. The fourth-order valence-corrected chi connectivity index (χ4v) is 1.17. The lowest BCUT2D eigenvalue weighted by Crippen LogP contribution is -1.93. The zero-order valence-electron chi connectivity index (χ0n) is 7.41. The van der Waals surface area contributed by atoms with E-state index < -0.39 is 11.6 Å². The molecule has 0 aliphatic rings. The predicted octanol–water partition coefficient (Wildman–Crippen LogP) is 1.76. The molecular formula is C9H7F2N3. The van der Waals surface area contributed by atoms with Gasteiger partial charge in [-0.25, -0.2) is 13.8 Å². The molecule has 0 saturated heterocycles. The summed E-state index contributed by atoms with van der Waals surface area (Å²) < 4.78 is 27.8. The molecule has 0 aliphatic heterocycles. The monoisotopic (exact) mass is 195 g/mol. The van der Waals surface area contributed by atoms with Crippen molar-refractivity contribution in [2.75, 3.05) is 0 Å². The average Bonchev–Trinajstić information content (AvgIpc) is 2.51. The molecule has 2 rings (SSSR count). The smallest absolute Gasteiger partial charge is 0.187 e. The maximum Gasteiger partial charge on any atom is 0.187 e. The Morgan fingerprint density at radius 3 is 2.36 bits per heavy atom. The number of hydrogen-bond acceptors (Lipinski definition) is 2. The van der Waals surface area contributed by atoms with Gasteiger partial charge in [0, 0.05) is 7.05 Å². The lowest BCUT2D eigenvalue weighted by atomic mass is 10.2. The lowest BCUT2D eigenvalue weighted by Gasteiger charge is -1.98. The zero-order chi connectivity index (χ0) is 10.1. The normalized spacial score (nSPS) is 10.5. The molecule has 5 heteroatoms. The van der Waals surface area contributed by atoms with Gasteiger partial charge in [0.25, 0.3) is 0 Å². The summed E-state index contributed by atoms with van der Waals surface area (Å²) in [4.78, 5) is 3.78. The zero-order valence-corrected chi connectivity index (χ0v) is 7.41. The van der Waals surface area contributed by atoms with E-state index >= 15 is 0 Å². The average molecular weight is 195 g/mol. The Bertz CT molecular complexity index is 445. The van der Waals surface area contributed by atoms with Crippen LogP contribution in [0.5, 0.6) is 0 Å². The number of rotatable bonds is 1. The molecule has 0 bridgehead atoms. The van der Waals surface area contributed by atoms with Crippen molar-refractivity contribution in [2.45, 2.75) is 0 Å². The van der Waals surface area contributed by atoms with Crippen molar-refractivity contribution in [3.8, 4) is 11.4 Å². The maximum atomic E-state index is 13.2. The minimum atomic E-state index is -0.656. The highest BCUT2D eigenvalue weighted by Crippen LogP contribution is 2.21. The van der Waals surface area contributed by atoms with Crippen LogP contribution in [0.3, 0.4) is 0 Å². The third-order valence-corrected chi connectivity index (χ3v) is 1.79. The Labute approximate surface area is 79.0 Å². The summed E-state index contributed by atoms with van der Waals surface area (Å²) in [5.74, 6) is -1.25. The fraction of sp³-hybridized carbons (Fsp3) is 0.111. The molecule has 1 heterocycles. The van der Waals surface area contributed by atoms with E-state index in [0.29, 0.717) is 0 Å². The lowest BCUT2D eigenvalue weighted by molar-refractivity contribution is 0.587. The standard InChI is InChI=1S/C9H7F2N3/c1-14-5-12-9(13-14)8-6(10)3-2-4-7(8)11/h2-5H,1H3. The molecule has 1 aromatic carbocycles. The molecule has 72 valence electrons. The van der Waals surface area contributed by atoms with E-state index in [4.69, 9.17) is 0 Å². The van der Waals surface area contributed by atoms with Crippen molar-refractivity contribution in [1.29, 1.82) is 0 Å². The van der Waals surface area contributed by atoms with E-state index in [1.807, 2.05) is 0 Å². The van der Waals surface area contributed by atoms with Crippen molar-refractivity contribution in [3.05, 3.63) is 36.2 Å². The van der Waals surface area contributed by atoms with Crippen LogP contribution in [-0.2, 0) is 7.05 Å². The highest BCUT2D eigenvalue weighted by molar-refractivity contribution is 5.55. The molecule has 0 fully saturated rings. The summed E-state index contributed by atoms with van der Waals surface area (Å²) in [7, 11) is 1.63. The van der Waals surface area contributed by atoms with Gasteiger partial charge in [-0.1, -0.05) is 6.07 Å². The van der Waals surface area contributed by atoms with Gasteiger partial charge in [0.2, 0.25) is 0 Å². The highest BCUT2D eigenvalue weighted by atomic mass is 19.1. The second-order valence-electron chi connectivity index (χ2n) is 2.84. The first kappa shape index (κ1) is 8.80. The second kappa shape index (κ2) is 3.17. The highest BCUT2D eigenvalue weighted by Gasteiger charge is 2.14. The van der Waals surface area contributed by atoms with Gasteiger partial charge in [-0.3, -0.25) is 4.68 Å². The number of aryl methyl sites for hydroxylation is 1. The van der Waals surface area contributed by atoms with Crippen LogP contribution in [0.1, 0.15) is 0 Å². The number of halogens is 2. The summed E-state index contributed by atoms with van der Waals surface area (Å²) in [5, 5.41) is 3.83. The van der Waals surface area contributed by atoms with Gasteiger partial charge >= 0.3 is 0 Å². The molecule has 0 amide bonds. The van der Waals surface area contributed by atoms with E-state index in [1.54, 1.807) is 7.05 Å². The Balaban J connectivity index is 2.61. The Kier molecular flexibility index (Phi) is 1.99. The first-order valence-corrected chi connectivity index (χ1v) is 3.98. The van der Waals surface area contributed by atoms with Gasteiger partial charge in [-0.15, -0.1) is 0 Å². The summed E-state index contributed by atoms with van der Waals surface area (Å²) in [6.45, 7) is 0. The van der Waals surface area contributed by atoms with Crippen LogP contribution in [0, 0.1) is 11.6 Å². The molecule has 0 aliphatic carbocycles. The molecule has 2 aromatic rings. The molecule has 3 nitrogen and oxygen atoms in total. The summed E-state index contributed by atoms with van der Waals surface area (Å²) in [6, 6.07) is 3.65. The van der Waals surface area contributed by atoms with Crippen molar-refractivity contribution >= 4 is 0 Å². The molecule has 0 N–H and O–H groups in total. The summed E-state index contributed by atoms with van der Waals surface area (Å²) in [5.41, 5.74) is -0.187. The van der Waals surface area contributed by atoms with Crippen molar-refractivity contribution in [1.82, 2.24) is 14.8 Å². The molecule has 0 unspecified atom stereocenters. The molecule has 1 aromatic heterocycles. The number of hydrogen-bond donors (Lipinski definition) is 0. The largest absolute Gasteiger partial charge is 0.255 e. The van der Waals surface area contributed by atoms with E-state index in [0.717, 1.165) is 0 Å². The van der Waals surface area contributed by atoms with E-state index in [-0.39, 0.29) is 11.4 Å². The quantitative estimate of drug-likeness (QED) is 0.694. The molecule has 0 spiro atoms. The summed E-state index contributed by atoms with van der Waals surface area (Å²) in [6.07, 6.45) is 1.39. The van der Waals surface area contributed by atoms with Crippen LogP contribution in [0.25, 0.3) is 11.4 Å². The van der Waals surface area contributed by atoms with Gasteiger partial charge in [0.05, 0.1) is 5.56 Å². The van der Waals surface area contributed by atoms with Crippen LogP contribution >= 0.6 is 0 Å². The van der Waals surface area contributed by atoms with Crippen LogP contribution in [0.4, 0.5) is 8.78 Å². The van der Waals surface area contributed by atoms with Crippen LogP contribution in [-0.4, -0.2) is 14.8 Å². The van der Waals surface area contributed by atoms with E-state index in [9.17, 15) is 8.78 Å². The second-order valence-corrected chi connectivity index (χ2v) is 2.84. The van der Waals surface area contributed by atoms with Crippen LogP contribution < -0.4 is 0 Å². The summed E-state index contributed by atoms with van der Waals surface area (Å²) >= 11 is 0. The topological polar surface area (TPSA) is 30.7 Å². The third kappa shape index (κ3) is 1.37. The first-order valence-electron chi connectivity index (χ1n) is 3.98. The predicted molar refractivity (Wildman–Crippen MR) is 46.4 cm³/mol. The number of aromatic nitrogens is 3. The molecule has 0 atom stereocenters. The fourth-order valence-electron chi connectivity index (χ4n) is 1.17. The van der Waals surface area contributed by atoms with Crippen molar-refractivity contribution in [2.24, 2.45) is 7.05 Å². The van der Waals surface area contributed by atoms with Gasteiger partial charge in [0.1, 0.15) is 18.0 Å². The SMILES string of the molecule is Cn1cnc(-c2c(F)cccc2F)n1. The molecule has 0 saturated carbocycles. The van der Waals surface area contributed by atoms with E-state index in [2.05, 4.69) is 10.1 Å². The van der Waals surface area contributed by atoms with Gasteiger partial charge in [-0.2, -0.15) is 5.10 Å². The minimum absolute atomic E-state index is 0.0584. The van der Waals surface area contributed by atoms with Crippen LogP contribution in [0.2, 0.25) is 0 Å². The molecule has 0 radical (unpaired) electrons. The Morgan fingerprint density at radius 2 is 1.86 bits per heavy atom. The van der Waals surface area contributed by atoms with E-state index in [1.165, 1.54) is 29.2 Å². The number of nitrogens with zero attached hydrogens (tertiary/aromatic N) is 3. The first-order chi connectivity index (χ1) is 6.68. The van der Waals surface area contributed by atoms with Crippen molar-refractivity contribution < 1.29 is 8.78 Å². The maximum absolute atomic E-state index is 13.2. The van der Waals surface area contributed by atoms with Crippen molar-refractivity contribution in [3.63, 3.8) is 0 Å². The molecular weight excluding hydrogens is 188 g/mol. The van der Waals surface area contributed by atoms with Gasteiger partial charge in [0.15, 0.2) is 5.82 Å². The minimum Gasteiger partial charge on any atom is -0.255 e. The molecule has 14 heavy (non-hydrogen) atoms. The number of benzene rings is 1. The van der Waals surface area contributed by atoms with Crippen LogP contribution in [0.15, 0.2) is 24.5 Å².